The molecular formula is C21H20BrN3O5S. The number of carbonyl (C=O) groups is 3. The highest BCUT2D eigenvalue weighted by atomic mass is 79.9. The van der Waals surface area contributed by atoms with E-state index >= 15 is 0 Å². The fourth-order valence-electron chi connectivity index (χ4n) is 3.11. The third kappa shape index (κ3) is 5.20. The van der Waals surface area contributed by atoms with Gasteiger partial charge in [-0.3, -0.25) is 19.3 Å². The van der Waals surface area contributed by atoms with E-state index in [1.165, 1.54) is 16.9 Å². The summed E-state index contributed by atoms with van der Waals surface area (Å²) in [5.74, 6) is -0.719. The average Bonchev–Trinajstić information content (AvgIpc) is 2.99. The van der Waals surface area contributed by atoms with Crippen LogP contribution in [-0.2, 0) is 19.1 Å². The maximum Gasteiger partial charge on any atom is 0.325 e. The zero-order chi connectivity index (χ0) is 22.5. The molecule has 0 aromatic heterocycles. The Hall–Kier alpha value is -2.98. The number of esters is 1. The van der Waals surface area contributed by atoms with Gasteiger partial charge in [-0.05, 0) is 60.7 Å². The number of hydrogen-bond donors (Lipinski definition) is 1. The molecule has 10 heteroatoms. The maximum atomic E-state index is 13.2. The summed E-state index contributed by atoms with van der Waals surface area (Å²) in [6.07, 6.45) is -0.182. The van der Waals surface area contributed by atoms with Crippen LogP contribution in [0.2, 0.25) is 0 Å². The lowest BCUT2D eigenvalue weighted by Crippen LogP contribution is -2.41. The molecule has 2 aromatic carbocycles. The van der Waals surface area contributed by atoms with Crippen molar-refractivity contribution < 1.29 is 23.9 Å². The quantitative estimate of drug-likeness (QED) is 0.457. The second kappa shape index (κ2) is 9.88. The number of carbonyl (C=O) groups excluding carboxylic acids is 3. The summed E-state index contributed by atoms with van der Waals surface area (Å²) in [7, 11) is 2.79. The SMILES string of the molecule is COC(=O)CN1C(=S)N(c2ccc(OC)cc2)C(=O)C1CC(=O)Nc1ccc(Br)cc1. The number of amides is 2. The van der Waals surface area contributed by atoms with Crippen molar-refractivity contribution in [3.63, 3.8) is 0 Å². The molecule has 2 aromatic rings. The van der Waals surface area contributed by atoms with Crippen LogP contribution in [0.4, 0.5) is 11.4 Å². The minimum absolute atomic E-state index is 0.127. The average molecular weight is 506 g/mol. The largest absolute Gasteiger partial charge is 0.497 e. The van der Waals surface area contributed by atoms with Crippen molar-refractivity contribution in [3.8, 4) is 5.75 Å². The molecule has 1 atom stereocenters. The first kappa shape index (κ1) is 22.7. The Bertz CT molecular complexity index is 997. The molecule has 31 heavy (non-hydrogen) atoms. The summed E-state index contributed by atoms with van der Waals surface area (Å²) >= 11 is 8.81. The van der Waals surface area contributed by atoms with E-state index in [2.05, 4.69) is 21.2 Å². The van der Waals surface area contributed by atoms with Gasteiger partial charge in [0.05, 0.1) is 26.3 Å². The Morgan fingerprint density at radius 3 is 2.32 bits per heavy atom. The van der Waals surface area contributed by atoms with E-state index in [0.29, 0.717) is 17.1 Å². The van der Waals surface area contributed by atoms with Crippen molar-refractivity contribution in [2.24, 2.45) is 0 Å². The third-order valence-electron chi connectivity index (χ3n) is 4.68. The van der Waals surface area contributed by atoms with Crippen LogP contribution in [0, 0.1) is 0 Å². The van der Waals surface area contributed by atoms with Crippen LogP contribution in [0.25, 0.3) is 0 Å². The molecule has 162 valence electrons. The lowest BCUT2D eigenvalue weighted by molar-refractivity contribution is -0.141. The number of hydrogen-bond acceptors (Lipinski definition) is 6. The summed E-state index contributed by atoms with van der Waals surface area (Å²) in [6.45, 7) is -0.246. The Labute approximate surface area is 193 Å². The number of halogens is 1. The zero-order valence-corrected chi connectivity index (χ0v) is 19.2. The first-order chi connectivity index (χ1) is 14.8. The summed E-state index contributed by atoms with van der Waals surface area (Å²) in [6, 6.07) is 12.9. The van der Waals surface area contributed by atoms with E-state index in [0.717, 1.165) is 4.47 Å². The van der Waals surface area contributed by atoms with Gasteiger partial charge in [-0.15, -0.1) is 0 Å². The number of rotatable bonds is 7. The fraction of sp³-hybridized carbons (Fsp3) is 0.238. The van der Waals surface area contributed by atoms with Gasteiger partial charge in [0.15, 0.2) is 5.11 Å². The second-order valence-electron chi connectivity index (χ2n) is 6.63. The van der Waals surface area contributed by atoms with Gasteiger partial charge in [-0.1, -0.05) is 15.9 Å². The van der Waals surface area contributed by atoms with E-state index in [-0.39, 0.29) is 24.0 Å². The molecule has 3 rings (SSSR count). The molecule has 1 saturated heterocycles. The molecule has 8 nitrogen and oxygen atoms in total. The summed E-state index contributed by atoms with van der Waals surface area (Å²) in [5, 5.41) is 2.88. The number of methoxy groups -OCH3 is 2. The van der Waals surface area contributed by atoms with Gasteiger partial charge >= 0.3 is 5.97 Å². The summed E-state index contributed by atoms with van der Waals surface area (Å²) < 4.78 is 10.8. The molecule has 0 radical (unpaired) electrons. The van der Waals surface area contributed by atoms with Crippen LogP contribution in [-0.4, -0.2) is 54.6 Å². The smallest absolute Gasteiger partial charge is 0.325 e. The number of benzene rings is 2. The van der Waals surface area contributed by atoms with Crippen LogP contribution < -0.4 is 15.0 Å². The van der Waals surface area contributed by atoms with Crippen LogP contribution >= 0.6 is 28.1 Å². The number of thiocarbonyl (C=S) groups is 1. The lowest BCUT2D eigenvalue weighted by Gasteiger charge is -2.22. The van der Waals surface area contributed by atoms with E-state index in [4.69, 9.17) is 21.7 Å². The topological polar surface area (TPSA) is 88.2 Å². The second-order valence-corrected chi connectivity index (χ2v) is 7.91. The van der Waals surface area contributed by atoms with Crippen molar-refractivity contribution in [2.75, 3.05) is 31.0 Å². The molecule has 0 spiro atoms. The van der Waals surface area contributed by atoms with Crippen LogP contribution in [0.15, 0.2) is 53.0 Å². The summed E-state index contributed by atoms with van der Waals surface area (Å²) in [4.78, 5) is 40.5. The molecular weight excluding hydrogens is 486 g/mol. The Kier molecular flexibility index (Phi) is 7.24. The predicted molar refractivity (Wildman–Crippen MR) is 123 cm³/mol. The molecule has 1 heterocycles. The van der Waals surface area contributed by atoms with Gasteiger partial charge in [-0.2, -0.15) is 0 Å². The Morgan fingerprint density at radius 1 is 1.10 bits per heavy atom. The Balaban J connectivity index is 1.83. The third-order valence-corrected chi connectivity index (χ3v) is 5.63. The lowest BCUT2D eigenvalue weighted by atomic mass is 10.1. The van der Waals surface area contributed by atoms with Gasteiger partial charge < -0.3 is 19.7 Å². The number of anilines is 2. The van der Waals surface area contributed by atoms with E-state index in [1.807, 2.05) is 0 Å². The first-order valence-corrected chi connectivity index (χ1v) is 10.4. The van der Waals surface area contributed by atoms with E-state index < -0.39 is 17.9 Å². The monoisotopic (exact) mass is 505 g/mol. The molecule has 0 saturated carbocycles. The molecule has 2 amide bonds. The number of nitrogens with zero attached hydrogens (tertiary/aromatic N) is 2. The fourth-order valence-corrected chi connectivity index (χ4v) is 3.76. The maximum absolute atomic E-state index is 13.2. The van der Waals surface area contributed by atoms with Crippen molar-refractivity contribution in [2.45, 2.75) is 12.5 Å². The highest BCUT2D eigenvalue weighted by molar-refractivity contribution is 9.10. The van der Waals surface area contributed by atoms with Crippen molar-refractivity contribution >= 4 is 62.4 Å². The van der Waals surface area contributed by atoms with Crippen molar-refractivity contribution in [3.05, 3.63) is 53.0 Å². The van der Waals surface area contributed by atoms with Gasteiger partial charge in [0.25, 0.3) is 5.91 Å². The van der Waals surface area contributed by atoms with Gasteiger partial charge in [0.1, 0.15) is 18.3 Å². The Morgan fingerprint density at radius 2 is 1.74 bits per heavy atom. The minimum Gasteiger partial charge on any atom is -0.497 e. The molecule has 1 aliphatic heterocycles. The van der Waals surface area contributed by atoms with Gasteiger partial charge in [-0.25, -0.2) is 0 Å². The zero-order valence-electron chi connectivity index (χ0n) is 16.8. The standard InChI is InChI=1S/C21H20BrN3O5S/c1-29-16-9-7-15(8-10-16)25-20(28)17(24(21(25)31)12-19(27)30-2)11-18(26)23-14-5-3-13(22)4-6-14/h3-10,17H,11-12H2,1-2H3,(H,23,26). The van der Waals surface area contributed by atoms with Crippen molar-refractivity contribution in [1.82, 2.24) is 4.90 Å². The van der Waals surface area contributed by atoms with Crippen LogP contribution in [0.1, 0.15) is 6.42 Å². The van der Waals surface area contributed by atoms with Gasteiger partial charge in [0, 0.05) is 10.2 Å². The minimum atomic E-state index is -0.941. The number of ether oxygens (including phenoxy) is 2. The van der Waals surface area contributed by atoms with E-state index in [1.54, 1.807) is 55.6 Å². The molecule has 0 aliphatic carbocycles. The first-order valence-electron chi connectivity index (χ1n) is 9.25. The van der Waals surface area contributed by atoms with E-state index in [9.17, 15) is 14.4 Å². The highest BCUT2D eigenvalue weighted by Crippen LogP contribution is 2.29. The highest BCUT2D eigenvalue weighted by Gasteiger charge is 2.45. The number of nitrogens with one attached hydrogen (secondary N) is 1. The van der Waals surface area contributed by atoms with Crippen LogP contribution in [0.3, 0.4) is 0 Å². The molecule has 1 N–H and O–H groups in total. The van der Waals surface area contributed by atoms with Gasteiger partial charge in [0.2, 0.25) is 5.91 Å². The van der Waals surface area contributed by atoms with Crippen LogP contribution in [0.5, 0.6) is 5.75 Å². The normalized spacial score (nSPS) is 15.8. The molecule has 1 aliphatic rings. The molecule has 1 fully saturated rings. The van der Waals surface area contributed by atoms with Crippen molar-refractivity contribution in [1.29, 1.82) is 0 Å². The molecule has 1 unspecified atom stereocenters. The predicted octanol–water partition coefficient (Wildman–Crippen LogP) is 2.96. The summed E-state index contributed by atoms with van der Waals surface area (Å²) in [5.41, 5.74) is 1.11. The molecule has 0 bridgehead atoms.